The molecule has 1 aromatic carbocycles. The molecule has 0 saturated heterocycles. The first-order valence-corrected chi connectivity index (χ1v) is 5.85. The van der Waals surface area contributed by atoms with Gasteiger partial charge in [0, 0.05) is 5.56 Å². The Labute approximate surface area is 110 Å². The van der Waals surface area contributed by atoms with Gasteiger partial charge in [0.2, 0.25) is 0 Å². The Morgan fingerprint density at radius 2 is 1.59 bits per heavy atom. The van der Waals surface area contributed by atoms with Crippen LogP contribution in [0.3, 0.4) is 0 Å². The lowest BCUT2D eigenvalue weighted by molar-refractivity contribution is -0.137. The molecule has 0 bridgehead atoms. The molecule has 0 aliphatic rings. The molecule has 1 aromatic heterocycles. The summed E-state index contributed by atoms with van der Waals surface area (Å²) in [7, 11) is 0. The van der Waals surface area contributed by atoms with Gasteiger partial charge in [-0.05, 0) is 46.9 Å². The second-order valence-corrected chi connectivity index (χ2v) is 4.53. The van der Waals surface area contributed by atoms with Crippen LogP contribution in [0.2, 0.25) is 0 Å². The van der Waals surface area contributed by atoms with Crippen molar-refractivity contribution < 1.29 is 13.2 Å². The minimum Gasteiger partial charge on any atom is -0.242 e. The monoisotopic (exact) mass is 349 g/mol. The number of aromatic nitrogens is 1. The number of rotatable bonds is 1. The number of benzene rings is 1. The Kier molecular flexibility index (Phi) is 3.37. The molecule has 1 heterocycles. The van der Waals surface area contributed by atoms with Crippen molar-refractivity contribution in [2.24, 2.45) is 0 Å². The molecule has 0 atom stereocenters. The van der Waals surface area contributed by atoms with E-state index in [1.54, 1.807) is 6.07 Å². The first-order valence-electron chi connectivity index (χ1n) is 4.77. The number of alkyl halides is 3. The Balaban J connectivity index is 2.36. The predicted molar refractivity (Wildman–Crippen MR) is 67.4 cm³/mol. The summed E-state index contributed by atoms with van der Waals surface area (Å²) in [6.07, 6.45) is -4.29. The molecule has 0 N–H and O–H groups in total. The topological polar surface area (TPSA) is 12.9 Å². The van der Waals surface area contributed by atoms with E-state index in [4.69, 9.17) is 0 Å². The van der Waals surface area contributed by atoms with E-state index in [-0.39, 0.29) is 0 Å². The number of hydrogen-bond acceptors (Lipinski definition) is 1. The number of hydrogen-bond donors (Lipinski definition) is 0. The highest BCUT2D eigenvalue weighted by Crippen LogP contribution is 2.30. The fraction of sp³-hybridized carbons (Fsp3) is 0.0833. The molecular formula is C12H7F3IN. The quantitative estimate of drug-likeness (QED) is 0.550. The van der Waals surface area contributed by atoms with Crippen molar-refractivity contribution in [2.75, 3.05) is 0 Å². The highest BCUT2D eigenvalue weighted by atomic mass is 127. The standard InChI is InChI=1S/C12H7F3IN/c13-12(14,15)9-6-4-8(5-7-9)10-2-1-3-11(16)17-10/h1-7H. The largest absolute Gasteiger partial charge is 0.416 e. The van der Waals surface area contributed by atoms with Crippen molar-refractivity contribution in [3.8, 4) is 11.3 Å². The van der Waals surface area contributed by atoms with Gasteiger partial charge in [-0.3, -0.25) is 0 Å². The Morgan fingerprint density at radius 3 is 2.12 bits per heavy atom. The third-order valence-corrected chi connectivity index (χ3v) is 2.82. The summed E-state index contributed by atoms with van der Waals surface area (Å²) in [5, 5.41) is 0. The van der Waals surface area contributed by atoms with E-state index in [0.717, 1.165) is 15.8 Å². The first kappa shape index (κ1) is 12.3. The van der Waals surface area contributed by atoms with Gasteiger partial charge in [-0.1, -0.05) is 18.2 Å². The van der Waals surface area contributed by atoms with Crippen LogP contribution in [0.25, 0.3) is 11.3 Å². The molecule has 0 amide bonds. The predicted octanol–water partition coefficient (Wildman–Crippen LogP) is 4.37. The highest BCUT2D eigenvalue weighted by Gasteiger charge is 2.29. The van der Waals surface area contributed by atoms with Crippen molar-refractivity contribution in [3.63, 3.8) is 0 Å². The molecule has 2 rings (SSSR count). The van der Waals surface area contributed by atoms with Gasteiger partial charge in [-0.25, -0.2) is 4.98 Å². The Morgan fingerprint density at radius 1 is 0.941 bits per heavy atom. The summed E-state index contributed by atoms with van der Waals surface area (Å²) in [6, 6.07) is 10.4. The van der Waals surface area contributed by atoms with Crippen molar-refractivity contribution in [3.05, 3.63) is 51.7 Å². The molecule has 17 heavy (non-hydrogen) atoms. The zero-order valence-electron chi connectivity index (χ0n) is 8.50. The lowest BCUT2D eigenvalue weighted by Crippen LogP contribution is -2.04. The van der Waals surface area contributed by atoms with Gasteiger partial charge in [0.15, 0.2) is 0 Å². The number of pyridine rings is 1. The smallest absolute Gasteiger partial charge is 0.242 e. The SMILES string of the molecule is FC(F)(F)c1ccc(-c2cccc(I)n2)cc1. The minimum absolute atomic E-state index is 0.646. The second-order valence-electron chi connectivity index (χ2n) is 3.42. The van der Waals surface area contributed by atoms with Crippen molar-refractivity contribution in [1.29, 1.82) is 0 Å². The molecule has 88 valence electrons. The molecule has 0 aliphatic heterocycles. The van der Waals surface area contributed by atoms with E-state index in [1.165, 1.54) is 12.1 Å². The van der Waals surface area contributed by atoms with E-state index >= 15 is 0 Å². The summed E-state index contributed by atoms with van der Waals surface area (Å²) in [4.78, 5) is 4.24. The van der Waals surface area contributed by atoms with Gasteiger partial charge in [0.1, 0.15) is 3.70 Å². The van der Waals surface area contributed by atoms with Crippen LogP contribution in [-0.2, 0) is 6.18 Å². The van der Waals surface area contributed by atoms with E-state index in [1.807, 2.05) is 12.1 Å². The van der Waals surface area contributed by atoms with Crippen LogP contribution >= 0.6 is 22.6 Å². The summed E-state index contributed by atoms with van der Waals surface area (Å²) >= 11 is 2.06. The molecule has 0 unspecified atom stereocenters. The normalized spacial score (nSPS) is 11.5. The summed E-state index contributed by atoms with van der Waals surface area (Å²) in [5.41, 5.74) is 0.703. The molecule has 2 aromatic rings. The van der Waals surface area contributed by atoms with E-state index in [9.17, 15) is 13.2 Å². The van der Waals surface area contributed by atoms with Crippen LogP contribution in [0, 0.1) is 3.70 Å². The van der Waals surface area contributed by atoms with Gasteiger partial charge < -0.3 is 0 Å². The second kappa shape index (κ2) is 4.64. The van der Waals surface area contributed by atoms with Gasteiger partial charge in [0.05, 0.1) is 11.3 Å². The van der Waals surface area contributed by atoms with Gasteiger partial charge in [-0.2, -0.15) is 13.2 Å². The number of nitrogens with zero attached hydrogens (tertiary/aromatic N) is 1. The van der Waals surface area contributed by atoms with Crippen LogP contribution in [-0.4, -0.2) is 4.98 Å². The van der Waals surface area contributed by atoms with Gasteiger partial charge >= 0.3 is 6.18 Å². The molecule has 0 spiro atoms. The van der Waals surface area contributed by atoms with Gasteiger partial charge in [0.25, 0.3) is 0 Å². The molecule has 0 aliphatic carbocycles. The maximum absolute atomic E-state index is 12.4. The van der Waals surface area contributed by atoms with Crippen LogP contribution < -0.4 is 0 Å². The molecule has 1 nitrogen and oxygen atoms in total. The third-order valence-electron chi connectivity index (χ3n) is 2.22. The van der Waals surface area contributed by atoms with E-state index in [0.29, 0.717) is 11.3 Å². The molecule has 0 saturated carbocycles. The minimum atomic E-state index is -4.29. The fourth-order valence-corrected chi connectivity index (χ4v) is 1.87. The lowest BCUT2D eigenvalue weighted by Gasteiger charge is -2.07. The van der Waals surface area contributed by atoms with Crippen molar-refractivity contribution >= 4 is 22.6 Å². The average Bonchev–Trinajstić information content (AvgIpc) is 2.28. The maximum atomic E-state index is 12.4. The molecule has 5 heteroatoms. The average molecular weight is 349 g/mol. The zero-order valence-corrected chi connectivity index (χ0v) is 10.7. The Bertz CT molecular complexity index is 520. The lowest BCUT2D eigenvalue weighted by atomic mass is 10.1. The summed E-state index contributed by atoms with van der Waals surface area (Å²) in [6.45, 7) is 0. The molecule has 0 fully saturated rings. The molecule has 0 radical (unpaired) electrons. The first-order chi connectivity index (χ1) is 7.97. The highest BCUT2D eigenvalue weighted by molar-refractivity contribution is 14.1. The Hall–Kier alpha value is -1.11. The summed E-state index contributed by atoms with van der Waals surface area (Å²) in [5.74, 6) is 0. The van der Waals surface area contributed by atoms with Crippen LogP contribution in [0.5, 0.6) is 0 Å². The van der Waals surface area contributed by atoms with Crippen LogP contribution in [0.4, 0.5) is 13.2 Å². The van der Waals surface area contributed by atoms with Crippen molar-refractivity contribution in [2.45, 2.75) is 6.18 Å². The fourth-order valence-electron chi connectivity index (χ4n) is 1.40. The van der Waals surface area contributed by atoms with Crippen LogP contribution in [0.1, 0.15) is 5.56 Å². The zero-order chi connectivity index (χ0) is 12.5. The van der Waals surface area contributed by atoms with E-state index in [2.05, 4.69) is 27.6 Å². The molecular weight excluding hydrogens is 342 g/mol. The summed E-state index contributed by atoms with van der Waals surface area (Å²) < 4.78 is 37.9. The maximum Gasteiger partial charge on any atom is 0.416 e. The van der Waals surface area contributed by atoms with Crippen LogP contribution in [0.15, 0.2) is 42.5 Å². The third kappa shape index (κ3) is 2.96. The van der Waals surface area contributed by atoms with E-state index < -0.39 is 11.7 Å². The van der Waals surface area contributed by atoms with Crippen molar-refractivity contribution in [1.82, 2.24) is 4.98 Å². The number of halogens is 4. The van der Waals surface area contributed by atoms with Gasteiger partial charge in [-0.15, -0.1) is 0 Å².